The van der Waals surface area contributed by atoms with Crippen LogP contribution in [0.3, 0.4) is 0 Å². The van der Waals surface area contributed by atoms with Crippen LogP contribution >= 0.6 is 0 Å². The Kier molecular flexibility index (Phi) is 5.65. The van der Waals surface area contributed by atoms with Gasteiger partial charge in [0, 0.05) is 38.6 Å². The monoisotopic (exact) mass is 428 g/mol. The molecule has 0 unspecified atom stereocenters. The van der Waals surface area contributed by atoms with Gasteiger partial charge in [-0.2, -0.15) is 0 Å². The Labute approximate surface area is 186 Å². The summed E-state index contributed by atoms with van der Waals surface area (Å²) in [7, 11) is 0. The maximum atomic E-state index is 13.2. The third-order valence-electron chi connectivity index (χ3n) is 5.61. The largest absolute Gasteiger partial charge is 0.486 e. The van der Waals surface area contributed by atoms with E-state index in [4.69, 9.17) is 9.72 Å². The highest BCUT2D eigenvalue weighted by Gasteiger charge is 2.24. The molecule has 162 valence electrons. The van der Waals surface area contributed by atoms with Gasteiger partial charge in [0.2, 0.25) is 11.9 Å². The van der Waals surface area contributed by atoms with E-state index in [1.807, 2.05) is 64.1 Å². The maximum absolute atomic E-state index is 13.2. The Hall–Kier alpha value is -3.94. The first-order valence-electron chi connectivity index (χ1n) is 10.7. The van der Waals surface area contributed by atoms with Gasteiger partial charge >= 0.3 is 0 Å². The van der Waals surface area contributed by atoms with E-state index >= 15 is 0 Å². The number of carbonyl (C=O) groups excluding carboxylic acids is 1. The van der Waals surface area contributed by atoms with Crippen molar-refractivity contribution < 1.29 is 9.53 Å². The van der Waals surface area contributed by atoms with Crippen LogP contribution in [0, 0.1) is 0 Å². The summed E-state index contributed by atoms with van der Waals surface area (Å²) < 4.78 is 7.89. The van der Waals surface area contributed by atoms with Crippen LogP contribution in [0.15, 0.2) is 73.1 Å². The van der Waals surface area contributed by atoms with E-state index in [0.29, 0.717) is 38.7 Å². The zero-order valence-corrected chi connectivity index (χ0v) is 17.7. The molecule has 1 fully saturated rings. The lowest BCUT2D eigenvalue weighted by Crippen LogP contribution is -2.50. The molecule has 0 radical (unpaired) electrons. The van der Waals surface area contributed by atoms with Crippen molar-refractivity contribution in [2.75, 3.05) is 31.1 Å². The number of fused-ring (bicyclic) bond motifs is 1. The SMILES string of the molecule is O=C(Cn1c(COc2ccccc2)nc2ccccc21)N1CCN(c2ncccn2)CC1. The lowest BCUT2D eigenvalue weighted by Gasteiger charge is -2.34. The van der Waals surface area contributed by atoms with Gasteiger partial charge in [0.1, 0.15) is 24.7 Å². The molecule has 1 amide bonds. The van der Waals surface area contributed by atoms with Gasteiger partial charge in [0.25, 0.3) is 0 Å². The highest BCUT2D eigenvalue weighted by atomic mass is 16.5. The minimum atomic E-state index is 0.0720. The summed E-state index contributed by atoms with van der Waals surface area (Å²) in [6, 6.07) is 19.3. The molecule has 1 aliphatic heterocycles. The number of carbonyl (C=O) groups is 1. The Balaban J connectivity index is 1.29. The number of ether oxygens (including phenoxy) is 1. The summed E-state index contributed by atoms with van der Waals surface area (Å²) in [6.07, 6.45) is 3.48. The molecule has 8 heteroatoms. The second-order valence-corrected chi connectivity index (χ2v) is 7.62. The van der Waals surface area contributed by atoms with Gasteiger partial charge in [-0.3, -0.25) is 4.79 Å². The minimum absolute atomic E-state index is 0.0720. The zero-order chi connectivity index (χ0) is 21.8. The molecule has 2 aromatic carbocycles. The van der Waals surface area contributed by atoms with Crippen LogP contribution in [0.5, 0.6) is 5.75 Å². The van der Waals surface area contributed by atoms with Gasteiger partial charge in [-0.05, 0) is 30.3 Å². The molecule has 1 saturated heterocycles. The van der Waals surface area contributed by atoms with E-state index < -0.39 is 0 Å². The Morgan fingerprint density at radius 1 is 0.875 bits per heavy atom. The second-order valence-electron chi connectivity index (χ2n) is 7.62. The molecule has 0 spiro atoms. The molecule has 4 aromatic rings. The quantitative estimate of drug-likeness (QED) is 0.470. The van der Waals surface area contributed by atoms with Gasteiger partial charge in [0.05, 0.1) is 11.0 Å². The topological polar surface area (TPSA) is 76.4 Å². The van der Waals surface area contributed by atoms with Crippen molar-refractivity contribution in [2.24, 2.45) is 0 Å². The van der Waals surface area contributed by atoms with Crippen molar-refractivity contribution in [2.45, 2.75) is 13.2 Å². The molecule has 2 aromatic heterocycles. The number of hydrogen-bond donors (Lipinski definition) is 0. The average Bonchev–Trinajstić information content (AvgIpc) is 3.21. The van der Waals surface area contributed by atoms with Crippen LogP contribution < -0.4 is 9.64 Å². The number of para-hydroxylation sites is 3. The summed E-state index contributed by atoms with van der Waals surface area (Å²) in [4.78, 5) is 30.5. The van der Waals surface area contributed by atoms with Crippen LogP contribution in [0.25, 0.3) is 11.0 Å². The van der Waals surface area contributed by atoms with Gasteiger partial charge in [-0.15, -0.1) is 0 Å². The number of piperazine rings is 1. The van der Waals surface area contributed by atoms with Crippen molar-refractivity contribution in [3.8, 4) is 5.75 Å². The first-order chi connectivity index (χ1) is 15.8. The molecular weight excluding hydrogens is 404 g/mol. The number of rotatable bonds is 6. The molecule has 0 N–H and O–H groups in total. The van der Waals surface area contributed by atoms with E-state index in [0.717, 1.165) is 22.6 Å². The number of benzene rings is 2. The molecular formula is C24H24N6O2. The summed E-state index contributed by atoms with van der Waals surface area (Å²) in [5.41, 5.74) is 1.79. The first kappa shape index (κ1) is 20.0. The van der Waals surface area contributed by atoms with E-state index in [-0.39, 0.29) is 12.5 Å². The third-order valence-corrected chi connectivity index (χ3v) is 5.61. The predicted octanol–water partition coefficient (Wildman–Crippen LogP) is 2.75. The van der Waals surface area contributed by atoms with Crippen molar-refractivity contribution in [3.05, 3.63) is 78.9 Å². The van der Waals surface area contributed by atoms with Gasteiger partial charge in [0.15, 0.2) is 0 Å². The predicted molar refractivity (Wildman–Crippen MR) is 121 cm³/mol. The fraction of sp³-hybridized carbons (Fsp3) is 0.250. The lowest BCUT2D eigenvalue weighted by atomic mass is 10.3. The van der Waals surface area contributed by atoms with E-state index in [9.17, 15) is 4.79 Å². The summed E-state index contributed by atoms with van der Waals surface area (Å²) in [5.74, 6) is 2.29. The van der Waals surface area contributed by atoms with Crippen LogP contribution in [0.4, 0.5) is 5.95 Å². The van der Waals surface area contributed by atoms with E-state index in [1.54, 1.807) is 18.5 Å². The molecule has 0 atom stereocenters. The van der Waals surface area contributed by atoms with Crippen molar-refractivity contribution >= 4 is 22.9 Å². The molecule has 0 saturated carbocycles. The van der Waals surface area contributed by atoms with Crippen LogP contribution in [-0.4, -0.2) is 56.5 Å². The fourth-order valence-corrected chi connectivity index (χ4v) is 3.92. The molecule has 0 bridgehead atoms. The van der Waals surface area contributed by atoms with Crippen molar-refractivity contribution in [3.63, 3.8) is 0 Å². The van der Waals surface area contributed by atoms with Crippen LogP contribution in [0.1, 0.15) is 5.82 Å². The van der Waals surface area contributed by atoms with Crippen LogP contribution in [0.2, 0.25) is 0 Å². The Bertz CT molecular complexity index is 1190. The number of aromatic nitrogens is 4. The number of imidazole rings is 1. The lowest BCUT2D eigenvalue weighted by molar-refractivity contribution is -0.132. The third kappa shape index (κ3) is 4.25. The van der Waals surface area contributed by atoms with Gasteiger partial charge in [-0.25, -0.2) is 15.0 Å². The fourth-order valence-electron chi connectivity index (χ4n) is 3.92. The van der Waals surface area contributed by atoms with E-state index in [1.165, 1.54) is 0 Å². The Morgan fingerprint density at radius 2 is 1.59 bits per heavy atom. The zero-order valence-electron chi connectivity index (χ0n) is 17.7. The van der Waals surface area contributed by atoms with Gasteiger partial charge in [-0.1, -0.05) is 30.3 Å². The standard InChI is InChI=1S/C24H24N6O2/c31-23(28-13-15-29(16-14-28)24-25-11-6-12-26-24)17-30-21-10-5-4-9-20(21)27-22(30)18-32-19-7-2-1-3-8-19/h1-12H,13-18H2. The minimum Gasteiger partial charge on any atom is -0.486 e. The number of anilines is 1. The molecule has 8 nitrogen and oxygen atoms in total. The molecule has 32 heavy (non-hydrogen) atoms. The highest BCUT2D eigenvalue weighted by molar-refractivity contribution is 5.81. The highest BCUT2D eigenvalue weighted by Crippen LogP contribution is 2.19. The smallest absolute Gasteiger partial charge is 0.242 e. The van der Waals surface area contributed by atoms with Crippen molar-refractivity contribution in [1.29, 1.82) is 0 Å². The van der Waals surface area contributed by atoms with E-state index in [2.05, 4.69) is 14.9 Å². The summed E-state index contributed by atoms with van der Waals surface area (Å²) in [6.45, 7) is 3.23. The molecule has 0 aliphatic carbocycles. The molecule has 1 aliphatic rings. The Morgan fingerprint density at radius 3 is 2.38 bits per heavy atom. The molecule has 3 heterocycles. The van der Waals surface area contributed by atoms with Crippen LogP contribution in [-0.2, 0) is 17.9 Å². The number of amides is 1. The normalized spacial score (nSPS) is 14.0. The number of nitrogens with zero attached hydrogens (tertiary/aromatic N) is 6. The summed E-state index contributed by atoms with van der Waals surface area (Å²) >= 11 is 0. The average molecular weight is 428 g/mol. The van der Waals surface area contributed by atoms with Crippen molar-refractivity contribution in [1.82, 2.24) is 24.4 Å². The second kappa shape index (κ2) is 9.05. The molecule has 5 rings (SSSR count). The summed E-state index contributed by atoms with van der Waals surface area (Å²) in [5, 5.41) is 0. The first-order valence-corrected chi connectivity index (χ1v) is 10.7. The van der Waals surface area contributed by atoms with Gasteiger partial charge < -0.3 is 19.1 Å². The maximum Gasteiger partial charge on any atom is 0.242 e. The number of hydrogen-bond acceptors (Lipinski definition) is 6.